The van der Waals surface area contributed by atoms with Gasteiger partial charge < -0.3 is 5.32 Å². The van der Waals surface area contributed by atoms with E-state index in [0.29, 0.717) is 6.04 Å². The number of rotatable bonds is 4. The highest BCUT2D eigenvalue weighted by Crippen LogP contribution is 2.17. The molecule has 0 bridgehead atoms. The molecule has 0 saturated heterocycles. The third kappa shape index (κ3) is 3.31. The number of pyridine rings is 1. The second-order valence-electron chi connectivity index (χ2n) is 4.47. The van der Waals surface area contributed by atoms with Crippen molar-refractivity contribution in [1.29, 1.82) is 0 Å². The number of halogens is 1. The van der Waals surface area contributed by atoms with E-state index in [0.717, 1.165) is 17.1 Å². The summed E-state index contributed by atoms with van der Waals surface area (Å²) in [7, 11) is 0. The Morgan fingerprint density at radius 2 is 1.94 bits per heavy atom. The molecule has 1 N–H and O–H groups in total. The Bertz CT molecular complexity index is 511. The first-order chi connectivity index (χ1) is 8.66. The van der Waals surface area contributed by atoms with E-state index in [4.69, 9.17) is 11.6 Å². The maximum atomic E-state index is 6.11. The molecule has 0 aliphatic heterocycles. The maximum absolute atomic E-state index is 6.11. The number of nitrogens with zero attached hydrogens (tertiary/aromatic N) is 1. The van der Waals surface area contributed by atoms with Crippen molar-refractivity contribution in [2.24, 2.45) is 0 Å². The molecular formula is C15H17ClN2. The summed E-state index contributed by atoms with van der Waals surface area (Å²) in [6.45, 7) is 4.97. The molecule has 2 aromatic rings. The second kappa shape index (κ2) is 5.98. The van der Waals surface area contributed by atoms with Gasteiger partial charge in [-0.1, -0.05) is 23.7 Å². The molecule has 1 atom stereocenters. The molecule has 94 valence electrons. The summed E-state index contributed by atoms with van der Waals surface area (Å²) < 4.78 is 0. The Morgan fingerprint density at radius 3 is 2.61 bits per heavy atom. The number of hydrogen-bond donors (Lipinski definition) is 1. The van der Waals surface area contributed by atoms with Crippen LogP contribution >= 0.6 is 11.6 Å². The Hall–Kier alpha value is -1.38. The van der Waals surface area contributed by atoms with Crippen LogP contribution in [0.5, 0.6) is 0 Å². The predicted molar refractivity (Wildman–Crippen MR) is 75.7 cm³/mol. The van der Waals surface area contributed by atoms with Crippen LogP contribution in [0.2, 0.25) is 5.02 Å². The van der Waals surface area contributed by atoms with Crippen LogP contribution < -0.4 is 5.32 Å². The minimum absolute atomic E-state index is 0.299. The van der Waals surface area contributed by atoms with Gasteiger partial charge in [-0.05, 0) is 48.7 Å². The SMILES string of the molecule is Cc1ccc(CN[C@H](C)c2ccncc2)cc1Cl. The largest absolute Gasteiger partial charge is 0.306 e. The first-order valence-electron chi connectivity index (χ1n) is 6.05. The van der Waals surface area contributed by atoms with Crippen molar-refractivity contribution in [2.45, 2.75) is 26.4 Å². The molecule has 3 heteroatoms. The van der Waals surface area contributed by atoms with E-state index in [1.54, 1.807) is 0 Å². The molecule has 18 heavy (non-hydrogen) atoms. The van der Waals surface area contributed by atoms with Crippen molar-refractivity contribution in [2.75, 3.05) is 0 Å². The molecule has 0 aliphatic rings. The fourth-order valence-corrected chi connectivity index (χ4v) is 1.99. The zero-order valence-electron chi connectivity index (χ0n) is 10.7. The van der Waals surface area contributed by atoms with Gasteiger partial charge in [-0.2, -0.15) is 0 Å². The van der Waals surface area contributed by atoms with Gasteiger partial charge in [0, 0.05) is 30.0 Å². The van der Waals surface area contributed by atoms with E-state index in [-0.39, 0.29) is 0 Å². The normalized spacial score (nSPS) is 12.4. The number of hydrogen-bond acceptors (Lipinski definition) is 2. The van der Waals surface area contributed by atoms with Crippen molar-refractivity contribution in [1.82, 2.24) is 10.3 Å². The summed E-state index contributed by atoms with van der Waals surface area (Å²) in [5.74, 6) is 0. The molecule has 1 aromatic carbocycles. The fourth-order valence-electron chi connectivity index (χ4n) is 1.79. The molecule has 0 amide bonds. The zero-order chi connectivity index (χ0) is 13.0. The first kappa shape index (κ1) is 13.1. The van der Waals surface area contributed by atoms with Crippen molar-refractivity contribution in [3.05, 3.63) is 64.4 Å². The van der Waals surface area contributed by atoms with Gasteiger partial charge in [-0.3, -0.25) is 4.98 Å². The average molecular weight is 261 g/mol. The summed E-state index contributed by atoms with van der Waals surface area (Å²) in [6, 6.07) is 10.5. The van der Waals surface area contributed by atoms with E-state index in [2.05, 4.69) is 29.4 Å². The monoisotopic (exact) mass is 260 g/mol. The molecule has 1 aromatic heterocycles. The van der Waals surface area contributed by atoms with Crippen LogP contribution in [0.1, 0.15) is 29.7 Å². The van der Waals surface area contributed by atoms with Crippen molar-refractivity contribution in [3.63, 3.8) is 0 Å². The van der Waals surface area contributed by atoms with E-state index in [1.165, 1.54) is 11.1 Å². The zero-order valence-corrected chi connectivity index (χ0v) is 11.4. The van der Waals surface area contributed by atoms with Crippen LogP contribution in [-0.4, -0.2) is 4.98 Å². The minimum atomic E-state index is 0.299. The third-order valence-corrected chi connectivity index (χ3v) is 3.46. The summed E-state index contributed by atoms with van der Waals surface area (Å²) in [5.41, 5.74) is 3.55. The van der Waals surface area contributed by atoms with E-state index < -0.39 is 0 Å². The van der Waals surface area contributed by atoms with Crippen LogP contribution in [0.25, 0.3) is 0 Å². The molecular weight excluding hydrogens is 244 g/mol. The molecule has 0 fully saturated rings. The maximum Gasteiger partial charge on any atom is 0.0438 e. The number of aryl methyl sites for hydroxylation is 1. The Kier molecular flexibility index (Phi) is 4.34. The van der Waals surface area contributed by atoms with E-state index in [9.17, 15) is 0 Å². The van der Waals surface area contributed by atoms with Crippen LogP contribution in [0, 0.1) is 6.92 Å². The smallest absolute Gasteiger partial charge is 0.0438 e. The third-order valence-electron chi connectivity index (χ3n) is 3.05. The Labute approximate surface area is 113 Å². The molecule has 0 saturated carbocycles. The molecule has 1 heterocycles. The molecule has 2 rings (SSSR count). The molecule has 0 spiro atoms. The summed E-state index contributed by atoms with van der Waals surface area (Å²) in [4.78, 5) is 4.02. The van der Waals surface area contributed by atoms with Gasteiger partial charge >= 0.3 is 0 Å². The fraction of sp³-hybridized carbons (Fsp3) is 0.267. The van der Waals surface area contributed by atoms with Gasteiger partial charge in [-0.15, -0.1) is 0 Å². The van der Waals surface area contributed by atoms with Crippen LogP contribution in [0.3, 0.4) is 0 Å². The van der Waals surface area contributed by atoms with Crippen LogP contribution in [-0.2, 0) is 6.54 Å². The molecule has 0 unspecified atom stereocenters. The van der Waals surface area contributed by atoms with Gasteiger partial charge in [0.2, 0.25) is 0 Å². The highest BCUT2D eigenvalue weighted by molar-refractivity contribution is 6.31. The van der Waals surface area contributed by atoms with Gasteiger partial charge in [-0.25, -0.2) is 0 Å². The lowest BCUT2D eigenvalue weighted by Gasteiger charge is -2.14. The Morgan fingerprint density at radius 1 is 1.22 bits per heavy atom. The minimum Gasteiger partial charge on any atom is -0.306 e. The van der Waals surface area contributed by atoms with Gasteiger partial charge in [0.05, 0.1) is 0 Å². The molecule has 0 radical (unpaired) electrons. The number of aromatic nitrogens is 1. The summed E-state index contributed by atoms with van der Waals surface area (Å²) in [6.07, 6.45) is 3.63. The van der Waals surface area contributed by atoms with Crippen LogP contribution in [0.15, 0.2) is 42.7 Å². The van der Waals surface area contributed by atoms with Crippen molar-refractivity contribution < 1.29 is 0 Å². The molecule has 0 aliphatic carbocycles. The summed E-state index contributed by atoms with van der Waals surface area (Å²) >= 11 is 6.11. The first-order valence-corrected chi connectivity index (χ1v) is 6.43. The average Bonchev–Trinajstić information content (AvgIpc) is 2.41. The molecule has 2 nitrogen and oxygen atoms in total. The standard InChI is InChI=1S/C15H17ClN2/c1-11-3-4-13(9-15(11)16)10-18-12(2)14-5-7-17-8-6-14/h3-9,12,18H,10H2,1-2H3/t12-/m1/s1. The quantitative estimate of drug-likeness (QED) is 0.902. The van der Waals surface area contributed by atoms with Crippen molar-refractivity contribution in [3.8, 4) is 0 Å². The van der Waals surface area contributed by atoms with E-state index in [1.807, 2.05) is 37.5 Å². The highest BCUT2D eigenvalue weighted by Gasteiger charge is 2.04. The van der Waals surface area contributed by atoms with Crippen LogP contribution in [0.4, 0.5) is 0 Å². The topological polar surface area (TPSA) is 24.9 Å². The lowest BCUT2D eigenvalue weighted by Crippen LogP contribution is -2.18. The van der Waals surface area contributed by atoms with Gasteiger partial charge in [0.25, 0.3) is 0 Å². The lowest BCUT2D eigenvalue weighted by molar-refractivity contribution is 0.574. The predicted octanol–water partition coefficient (Wildman–Crippen LogP) is 3.89. The van der Waals surface area contributed by atoms with Crippen molar-refractivity contribution >= 4 is 11.6 Å². The van der Waals surface area contributed by atoms with Gasteiger partial charge in [0.15, 0.2) is 0 Å². The Balaban J connectivity index is 1.97. The lowest BCUT2D eigenvalue weighted by atomic mass is 10.1. The second-order valence-corrected chi connectivity index (χ2v) is 4.87. The summed E-state index contributed by atoms with van der Waals surface area (Å²) in [5, 5.41) is 4.30. The number of benzene rings is 1. The van der Waals surface area contributed by atoms with Gasteiger partial charge in [0.1, 0.15) is 0 Å². The highest BCUT2D eigenvalue weighted by atomic mass is 35.5. The number of nitrogens with one attached hydrogen (secondary N) is 1. The van der Waals surface area contributed by atoms with E-state index >= 15 is 0 Å².